The van der Waals surface area contributed by atoms with Crippen LogP contribution < -0.4 is 0 Å². The number of hydrogen-bond acceptors (Lipinski definition) is 1. The predicted molar refractivity (Wildman–Crippen MR) is 42.5 cm³/mol. The molecule has 0 aliphatic carbocycles. The molecule has 0 amide bonds. The van der Waals surface area contributed by atoms with Crippen LogP contribution in [0.15, 0.2) is 0 Å². The lowest BCUT2D eigenvalue weighted by Crippen LogP contribution is -2.38. The third kappa shape index (κ3) is 2.16. The van der Waals surface area contributed by atoms with E-state index in [0.717, 1.165) is 16.7 Å². The van der Waals surface area contributed by atoms with Gasteiger partial charge in [-0.2, -0.15) is 0 Å². The van der Waals surface area contributed by atoms with E-state index in [9.17, 15) is 0 Å². The van der Waals surface area contributed by atoms with Crippen LogP contribution >= 0.6 is 11.6 Å². The van der Waals surface area contributed by atoms with Crippen molar-refractivity contribution in [3.63, 3.8) is 0 Å². The van der Waals surface area contributed by atoms with Crippen molar-refractivity contribution >= 4 is 21.8 Å². The zero-order chi connectivity index (χ0) is 6.78. The van der Waals surface area contributed by atoms with Gasteiger partial charge >= 0.3 is 0 Å². The standard InChI is InChI=1S/C5H14ClNSi/c1-4-5(6,8)7(2)3/h4H2,1-3,8H3. The Kier molecular flexibility index (Phi) is 3.02. The van der Waals surface area contributed by atoms with E-state index >= 15 is 0 Å². The van der Waals surface area contributed by atoms with Crippen LogP contribution in [0.2, 0.25) is 0 Å². The Morgan fingerprint density at radius 2 is 2.00 bits per heavy atom. The fourth-order valence-corrected chi connectivity index (χ4v) is 0.316. The van der Waals surface area contributed by atoms with Crippen LogP contribution in [-0.2, 0) is 0 Å². The fourth-order valence-electron chi connectivity index (χ4n) is 0.316. The van der Waals surface area contributed by atoms with Crippen molar-refractivity contribution in [2.45, 2.75) is 18.0 Å². The molecule has 1 atom stereocenters. The van der Waals surface area contributed by atoms with E-state index in [2.05, 4.69) is 11.8 Å². The summed E-state index contributed by atoms with van der Waals surface area (Å²) >= 11 is 6.04. The highest BCUT2D eigenvalue weighted by Gasteiger charge is 2.19. The first kappa shape index (κ1) is 8.47. The molecule has 0 N–H and O–H groups in total. The molecule has 0 heterocycles. The maximum atomic E-state index is 6.04. The first-order valence-corrected chi connectivity index (χ1v) is 4.25. The van der Waals surface area contributed by atoms with Gasteiger partial charge in [-0.15, -0.1) is 11.6 Å². The smallest absolute Gasteiger partial charge is 0.0741 e. The largest absolute Gasteiger partial charge is 0.295 e. The van der Waals surface area contributed by atoms with Crippen molar-refractivity contribution in [3.8, 4) is 0 Å². The summed E-state index contributed by atoms with van der Waals surface area (Å²) in [5.74, 6) is 0. The maximum Gasteiger partial charge on any atom is 0.0741 e. The number of nitrogens with zero attached hydrogens (tertiary/aromatic N) is 1. The minimum absolute atomic E-state index is 0.0139. The summed E-state index contributed by atoms with van der Waals surface area (Å²) in [5.41, 5.74) is 0. The highest BCUT2D eigenvalue weighted by molar-refractivity contribution is 6.44. The zero-order valence-corrected chi connectivity index (χ0v) is 8.79. The first-order valence-electron chi connectivity index (χ1n) is 2.87. The molecule has 0 aliphatic rings. The average Bonchev–Trinajstić information content (AvgIpc) is 1.67. The van der Waals surface area contributed by atoms with Gasteiger partial charge in [-0.25, -0.2) is 0 Å². The topological polar surface area (TPSA) is 3.24 Å². The summed E-state index contributed by atoms with van der Waals surface area (Å²) in [6, 6.07) is 0. The molecule has 0 aliphatic heterocycles. The molecule has 1 nitrogen and oxygen atoms in total. The second kappa shape index (κ2) is 2.85. The van der Waals surface area contributed by atoms with Gasteiger partial charge in [0.25, 0.3) is 0 Å². The highest BCUT2D eigenvalue weighted by atomic mass is 35.5. The van der Waals surface area contributed by atoms with Crippen LogP contribution in [0.1, 0.15) is 13.3 Å². The van der Waals surface area contributed by atoms with Gasteiger partial charge < -0.3 is 0 Å². The Morgan fingerprint density at radius 3 is 2.00 bits per heavy atom. The molecule has 1 unspecified atom stereocenters. The predicted octanol–water partition coefficient (Wildman–Crippen LogP) is 0.216. The van der Waals surface area contributed by atoms with Crippen LogP contribution in [0.4, 0.5) is 0 Å². The number of hydrogen-bond donors (Lipinski definition) is 0. The summed E-state index contributed by atoms with van der Waals surface area (Å²) in [6.07, 6.45) is 1.04. The van der Waals surface area contributed by atoms with Crippen molar-refractivity contribution in [3.05, 3.63) is 0 Å². The van der Waals surface area contributed by atoms with Gasteiger partial charge in [0.2, 0.25) is 0 Å². The van der Waals surface area contributed by atoms with Crippen molar-refractivity contribution in [1.29, 1.82) is 0 Å². The number of rotatable bonds is 2. The summed E-state index contributed by atoms with van der Waals surface area (Å²) < 4.78 is -0.0139. The molecular formula is C5H14ClNSi. The Labute approximate surface area is 59.4 Å². The second-order valence-corrected chi connectivity index (χ2v) is 5.49. The van der Waals surface area contributed by atoms with E-state index in [1.165, 1.54) is 0 Å². The molecule has 0 aromatic heterocycles. The van der Waals surface area contributed by atoms with Gasteiger partial charge in [0, 0.05) is 10.2 Å². The van der Waals surface area contributed by atoms with Crippen molar-refractivity contribution < 1.29 is 0 Å². The van der Waals surface area contributed by atoms with Crippen molar-refractivity contribution in [1.82, 2.24) is 4.90 Å². The Hall–Kier alpha value is 0.467. The van der Waals surface area contributed by atoms with Gasteiger partial charge in [-0.05, 0) is 20.5 Å². The quantitative estimate of drug-likeness (QED) is 0.310. The molecule has 8 heavy (non-hydrogen) atoms. The molecular weight excluding hydrogens is 138 g/mol. The summed E-state index contributed by atoms with van der Waals surface area (Å²) in [5, 5.41) is 0. The second-order valence-electron chi connectivity index (χ2n) is 2.39. The summed E-state index contributed by atoms with van der Waals surface area (Å²) in [7, 11) is 5.06. The lowest BCUT2D eigenvalue weighted by atomic mass is 10.4. The molecule has 0 radical (unpaired) electrons. The van der Waals surface area contributed by atoms with Crippen LogP contribution in [0.25, 0.3) is 0 Å². The fraction of sp³-hybridized carbons (Fsp3) is 1.00. The molecule has 0 aromatic rings. The Bertz CT molecular complexity index is 72.8. The Morgan fingerprint density at radius 1 is 1.62 bits per heavy atom. The average molecular weight is 152 g/mol. The molecule has 0 spiro atoms. The van der Waals surface area contributed by atoms with Crippen LogP contribution in [0, 0.1) is 0 Å². The van der Waals surface area contributed by atoms with Crippen LogP contribution in [0.3, 0.4) is 0 Å². The zero-order valence-electron chi connectivity index (χ0n) is 6.03. The lowest BCUT2D eigenvalue weighted by Gasteiger charge is -2.28. The third-order valence-electron chi connectivity index (χ3n) is 1.58. The van der Waals surface area contributed by atoms with Crippen LogP contribution in [0.5, 0.6) is 0 Å². The summed E-state index contributed by atoms with van der Waals surface area (Å²) in [6.45, 7) is 2.11. The normalized spacial score (nSPS) is 19.1. The maximum absolute atomic E-state index is 6.04. The molecule has 3 heteroatoms. The van der Waals surface area contributed by atoms with Gasteiger partial charge in [0.15, 0.2) is 0 Å². The van der Waals surface area contributed by atoms with Gasteiger partial charge in [0.05, 0.1) is 4.62 Å². The minimum atomic E-state index is -0.0139. The van der Waals surface area contributed by atoms with E-state index in [4.69, 9.17) is 11.6 Å². The SMILES string of the molecule is CCC([SiH3])(Cl)N(C)C. The number of halogens is 1. The monoisotopic (exact) mass is 151 g/mol. The lowest BCUT2D eigenvalue weighted by molar-refractivity contribution is 0.328. The summed E-state index contributed by atoms with van der Waals surface area (Å²) in [4.78, 5) is 2.07. The molecule has 0 saturated heterocycles. The van der Waals surface area contributed by atoms with Crippen molar-refractivity contribution in [2.24, 2.45) is 0 Å². The van der Waals surface area contributed by atoms with E-state index in [0.29, 0.717) is 0 Å². The molecule has 50 valence electrons. The molecule has 0 bridgehead atoms. The molecule has 0 fully saturated rings. The van der Waals surface area contributed by atoms with Crippen molar-refractivity contribution in [2.75, 3.05) is 14.1 Å². The first-order chi connectivity index (χ1) is 3.50. The minimum Gasteiger partial charge on any atom is -0.295 e. The third-order valence-corrected chi connectivity index (χ3v) is 3.78. The highest BCUT2D eigenvalue weighted by Crippen LogP contribution is 2.16. The Balaban J connectivity index is 3.71. The molecule has 0 saturated carbocycles. The molecule has 0 aromatic carbocycles. The van der Waals surface area contributed by atoms with E-state index in [1.54, 1.807) is 0 Å². The van der Waals surface area contributed by atoms with E-state index in [-0.39, 0.29) is 4.62 Å². The van der Waals surface area contributed by atoms with Gasteiger partial charge in [0.1, 0.15) is 0 Å². The molecule has 0 rings (SSSR count). The van der Waals surface area contributed by atoms with Gasteiger partial charge in [-0.3, -0.25) is 4.90 Å². The van der Waals surface area contributed by atoms with E-state index in [1.807, 2.05) is 14.1 Å². The van der Waals surface area contributed by atoms with E-state index < -0.39 is 0 Å². The number of alkyl halides is 1. The van der Waals surface area contributed by atoms with Gasteiger partial charge in [-0.1, -0.05) is 6.92 Å². The van der Waals surface area contributed by atoms with Crippen LogP contribution in [-0.4, -0.2) is 33.9 Å².